The number of amides is 1. The first-order chi connectivity index (χ1) is 10.9. The number of benzene rings is 2. The summed E-state index contributed by atoms with van der Waals surface area (Å²) in [5.41, 5.74) is 4.76. The maximum Gasteiger partial charge on any atom is 0.257 e. The molecule has 1 amide bonds. The fourth-order valence-corrected chi connectivity index (χ4v) is 2.27. The predicted molar refractivity (Wildman–Crippen MR) is 100 cm³/mol. The van der Waals surface area contributed by atoms with Gasteiger partial charge in [-0.25, -0.2) is 0 Å². The van der Waals surface area contributed by atoms with Crippen LogP contribution >= 0.6 is 12.2 Å². The third-order valence-corrected chi connectivity index (χ3v) is 3.84. The molecule has 2 rings (SSSR count). The van der Waals surface area contributed by atoms with Crippen LogP contribution in [0.4, 0.5) is 11.4 Å². The highest BCUT2D eigenvalue weighted by molar-refractivity contribution is 7.80. The Morgan fingerprint density at radius 2 is 1.65 bits per heavy atom. The SMILES string of the molecule is Cc1ccc(C(=O)NC(=S)Nc2ccc(N(C)C)cc2)cc1C. The molecule has 2 aromatic rings. The van der Waals surface area contributed by atoms with E-state index >= 15 is 0 Å². The molecule has 0 unspecified atom stereocenters. The van der Waals surface area contributed by atoms with Gasteiger partial charge in [0.25, 0.3) is 5.91 Å². The van der Waals surface area contributed by atoms with E-state index in [1.165, 1.54) is 0 Å². The molecule has 4 nitrogen and oxygen atoms in total. The molecule has 0 atom stereocenters. The summed E-state index contributed by atoms with van der Waals surface area (Å²) >= 11 is 5.20. The van der Waals surface area contributed by atoms with Gasteiger partial charge in [0.05, 0.1) is 0 Å². The Hall–Kier alpha value is -2.40. The largest absolute Gasteiger partial charge is 0.378 e. The van der Waals surface area contributed by atoms with Crippen molar-refractivity contribution in [2.75, 3.05) is 24.3 Å². The molecule has 2 aromatic carbocycles. The van der Waals surface area contributed by atoms with Crippen LogP contribution in [0.15, 0.2) is 42.5 Å². The zero-order valence-corrected chi connectivity index (χ0v) is 14.6. The minimum Gasteiger partial charge on any atom is -0.378 e. The molecule has 0 aliphatic carbocycles. The predicted octanol–water partition coefficient (Wildman–Crippen LogP) is 3.50. The van der Waals surface area contributed by atoms with Crippen LogP contribution in [0.1, 0.15) is 21.5 Å². The van der Waals surface area contributed by atoms with Crippen molar-refractivity contribution in [1.82, 2.24) is 5.32 Å². The Morgan fingerprint density at radius 1 is 1.00 bits per heavy atom. The van der Waals surface area contributed by atoms with E-state index in [1.807, 2.05) is 69.2 Å². The molecule has 0 aromatic heterocycles. The summed E-state index contributed by atoms with van der Waals surface area (Å²) in [7, 11) is 3.97. The molecule has 0 aliphatic rings. The second kappa shape index (κ2) is 7.24. The van der Waals surface area contributed by atoms with Crippen molar-refractivity contribution in [3.63, 3.8) is 0 Å². The summed E-state index contributed by atoms with van der Waals surface area (Å²) in [4.78, 5) is 14.2. The van der Waals surface area contributed by atoms with Crippen LogP contribution in [0.25, 0.3) is 0 Å². The average molecular weight is 327 g/mol. The summed E-state index contributed by atoms with van der Waals surface area (Å²) in [5, 5.41) is 6.00. The standard InChI is InChI=1S/C18H21N3OS/c1-12-5-6-14(11-13(12)2)17(22)20-18(23)19-15-7-9-16(10-8-15)21(3)4/h5-11H,1-4H3,(H2,19,20,22,23). The fraction of sp³-hybridized carbons (Fsp3) is 0.222. The van der Waals surface area contributed by atoms with Gasteiger partial charge < -0.3 is 10.2 Å². The lowest BCUT2D eigenvalue weighted by Gasteiger charge is -2.14. The van der Waals surface area contributed by atoms with E-state index in [1.54, 1.807) is 6.07 Å². The van der Waals surface area contributed by atoms with Gasteiger partial charge in [-0.05, 0) is 73.6 Å². The van der Waals surface area contributed by atoms with E-state index in [0.29, 0.717) is 5.56 Å². The van der Waals surface area contributed by atoms with Crippen molar-refractivity contribution in [1.29, 1.82) is 0 Å². The van der Waals surface area contributed by atoms with Crippen LogP contribution in [0.2, 0.25) is 0 Å². The number of nitrogens with zero attached hydrogens (tertiary/aromatic N) is 1. The van der Waals surface area contributed by atoms with E-state index in [9.17, 15) is 4.79 Å². The number of thiocarbonyl (C=S) groups is 1. The second-order valence-electron chi connectivity index (χ2n) is 5.65. The number of rotatable bonds is 3. The van der Waals surface area contributed by atoms with E-state index in [0.717, 1.165) is 22.5 Å². The number of nitrogens with one attached hydrogen (secondary N) is 2. The maximum atomic E-state index is 12.2. The van der Waals surface area contributed by atoms with Crippen LogP contribution in [0, 0.1) is 13.8 Å². The molecule has 0 aliphatic heterocycles. The topological polar surface area (TPSA) is 44.4 Å². The van der Waals surface area contributed by atoms with Gasteiger partial charge in [-0.2, -0.15) is 0 Å². The van der Waals surface area contributed by atoms with Crippen LogP contribution in [-0.2, 0) is 0 Å². The molecule has 0 saturated heterocycles. The van der Waals surface area contributed by atoms with Crippen molar-refractivity contribution >= 4 is 34.6 Å². The number of hydrogen-bond acceptors (Lipinski definition) is 3. The second-order valence-corrected chi connectivity index (χ2v) is 6.06. The van der Waals surface area contributed by atoms with Crippen molar-refractivity contribution < 1.29 is 4.79 Å². The Balaban J connectivity index is 1.98. The van der Waals surface area contributed by atoms with Gasteiger partial charge in [0.1, 0.15) is 0 Å². The summed E-state index contributed by atoms with van der Waals surface area (Å²) < 4.78 is 0. The molecular weight excluding hydrogens is 306 g/mol. The van der Waals surface area contributed by atoms with Gasteiger partial charge in [0, 0.05) is 31.0 Å². The molecule has 2 N–H and O–H groups in total. The van der Waals surface area contributed by atoms with Crippen molar-refractivity contribution in [2.24, 2.45) is 0 Å². The van der Waals surface area contributed by atoms with Crippen LogP contribution in [0.5, 0.6) is 0 Å². The zero-order valence-electron chi connectivity index (χ0n) is 13.8. The lowest BCUT2D eigenvalue weighted by Crippen LogP contribution is -2.34. The van der Waals surface area contributed by atoms with Crippen LogP contribution in [-0.4, -0.2) is 25.1 Å². The van der Waals surface area contributed by atoms with Gasteiger partial charge in [0.2, 0.25) is 0 Å². The monoisotopic (exact) mass is 327 g/mol. The number of hydrogen-bond donors (Lipinski definition) is 2. The molecule has 0 bridgehead atoms. The van der Waals surface area contributed by atoms with Gasteiger partial charge in [-0.15, -0.1) is 0 Å². The molecule has 23 heavy (non-hydrogen) atoms. The molecule has 0 spiro atoms. The quantitative estimate of drug-likeness (QED) is 0.847. The first-order valence-corrected chi connectivity index (χ1v) is 7.74. The lowest BCUT2D eigenvalue weighted by atomic mass is 10.1. The highest BCUT2D eigenvalue weighted by atomic mass is 32.1. The minimum atomic E-state index is -0.212. The molecular formula is C18H21N3OS. The molecule has 0 heterocycles. The Morgan fingerprint density at radius 3 is 2.22 bits per heavy atom. The number of aryl methyl sites for hydroxylation is 2. The Labute approximate surface area is 142 Å². The van der Waals surface area contributed by atoms with E-state index in [-0.39, 0.29) is 11.0 Å². The van der Waals surface area contributed by atoms with Crippen molar-refractivity contribution in [3.05, 3.63) is 59.2 Å². The van der Waals surface area contributed by atoms with Gasteiger partial charge in [-0.3, -0.25) is 10.1 Å². The van der Waals surface area contributed by atoms with E-state index in [4.69, 9.17) is 12.2 Å². The van der Waals surface area contributed by atoms with Crippen LogP contribution in [0.3, 0.4) is 0 Å². The van der Waals surface area contributed by atoms with Crippen molar-refractivity contribution in [3.8, 4) is 0 Å². The van der Waals surface area contributed by atoms with Gasteiger partial charge in [0.15, 0.2) is 5.11 Å². The highest BCUT2D eigenvalue weighted by Crippen LogP contribution is 2.15. The normalized spacial score (nSPS) is 10.1. The lowest BCUT2D eigenvalue weighted by molar-refractivity contribution is 0.0977. The number of anilines is 2. The summed E-state index contributed by atoms with van der Waals surface area (Å²) in [6.45, 7) is 4.00. The van der Waals surface area contributed by atoms with E-state index < -0.39 is 0 Å². The third-order valence-electron chi connectivity index (χ3n) is 3.64. The number of carbonyl (C=O) groups excluding carboxylic acids is 1. The summed E-state index contributed by atoms with van der Waals surface area (Å²) in [5.74, 6) is -0.212. The highest BCUT2D eigenvalue weighted by Gasteiger charge is 2.09. The van der Waals surface area contributed by atoms with Gasteiger partial charge >= 0.3 is 0 Å². The smallest absolute Gasteiger partial charge is 0.257 e. The average Bonchev–Trinajstić information content (AvgIpc) is 2.50. The van der Waals surface area contributed by atoms with Crippen molar-refractivity contribution in [2.45, 2.75) is 13.8 Å². The first kappa shape index (κ1) is 17.0. The van der Waals surface area contributed by atoms with E-state index in [2.05, 4.69) is 10.6 Å². The molecule has 0 fully saturated rings. The molecule has 5 heteroatoms. The Kier molecular flexibility index (Phi) is 5.34. The molecule has 120 valence electrons. The molecule has 0 saturated carbocycles. The third kappa shape index (κ3) is 4.53. The summed E-state index contributed by atoms with van der Waals surface area (Å²) in [6, 6.07) is 13.4. The maximum absolute atomic E-state index is 12.2. The molecule has 0 radical (unpaired) electrons. The van der Waals surface area contributed by atoms with Gasteiger partial charge in [-0.1, -0.05) is 6.07 Å². The number of carbonyl (C=O) groups is 1. The Bertz CT molecular complexity index is 724. The first-order valence-electron chi connectivity index (χ1n) is 7.34. The zero-order chi connectivity index (χ0) is 17.0. The fourth-order valence-electron chi connectivity index (χ4n) is 2.06. The minimum absolute atomic E-state index is 0.212. The summed E-state index contributed by atoms with van der Waals surface area (Å²) in [6.07, 6.45) is 0. The van der Waals surface area contributed by atoms with Crippen LogP contribution < -0.4 is 15.5 Å².